The maximum Gasteiger partial charge on any atom is 0.335 e. The quantitative estimate of drug-likeness (QED) is 0.589. The molecule has 0 heterocycles. The SMILES string of the molecule is C=C(C)[C@H]1CC=C(C)[C@H]([C@H](O)C(=O)OC)C1. The summed E-state index contributed by atoms with van der Waals surface area (Å²) in [6.45, 7) is 7.87. The highest BCUT2D eigenvalue weighted by atomic mass is 16.5. The second kappa shape index (κ2) is 5.30. The molecule has 90 valence electrons. The molecule has 1 rings (SSSR count). The van der Waals surface area contributed by atoms with E-state index in [1.165, 1.54) is 7.11 Å². The van der Waals surface area contributed by atoms with Crippen LogP contribution < -0.4 is 0 Å². The summed E-state index contributed by atoms with van der Waals surface area (Å²) in [5.41, 5.74) is 2.17. The largest absolute Gasteiger partial charge is 0.467 e. The monoisotopic (exact) mass is 224 g/mol. The number of hydrogen-bond acceptors (Lipinski definition) is 3. The number of methoxy groups -OCH3 is 1. The molecule has 0 unspecified atom stereocenters. The normalized spacial score (nSPS) is 26.9. The van der Waals surface area contributed by atoms with Crippen molar-refractivity contribution >= 4 is 5.97 Å². The van der Waals surface area contributed by atoms with Gasteiger partial charge in [-0.2, -0.15) is 0 Å². The van der Waals surface area contributed by atoms with E-state index in [2.05, 4.69) is 17.4 Å². The third kappa shape index (κ3) is 2.73. The van der Waals surface area contributed by atoms with Gasteiger partial charge in [0.1, 0.15) is 0 Å². The second-order valence-electron chi connectivity index (χ2n) is 4.54. The molecule has 3 atom stereocenters. The molecule has 0 radical (unpaired) electrons. The van der Waals surface area contributed by atoms with E-state index in [1.807, 2.05) is 13.8 Å². The Morgan fingerprint density at radius 1 is 1.69 bits per heavy atom. The Hall–Kier alpha value is -1.09. The van der Waals surface area contributed by atoms with Crippen molar-refractivity contribution in [1.29, 1.82) is 0 Å². The van der Waals surface area contributed by atoms with Crippen LogP contribution in [0, 0.1) is 11.8 Å². The van der Waals surface area contributed by atoms with E-state index in [-0.39, 0.29) is 5.92 Å². The molecule has 0 spiro atoms. The van der Waals surface area contributed by atoms with Crippen molar-refractivity contribution in [2.75, 3.05) is 7.11 Å². The zero-order valence-corrected chi connectivity index (χ0v) is 10.2. The van der Waals surface area contributed by atoms with Gasteiger partial charge < -0.3 is 9.84 Å². The molecule has 0 saturated carbocycles. The molecule has 1 aliphatic carbocycles. The van der Waals surface area contributed by atoms with Crippen molar-refractivity contribution in [3.63, 3.8) is 0 Å². The Morgan fingerprint density at radius 3 is 2.81 bits per heavy atom. The molecule has 3 nitrogen and oxygen atoms in total. The van der Waals surface area contributed by atoms with Gasteiger partial charge in [0.2, 0.25) is 0 Å². The highest BCUT2D eigenvalue weighted by Crippen LogP contribution is 2.34. The van der Waals surface area contributed by atoms with Gasteiger partial charge >= 0.3 is 5.97 Å². The molecule has 1 aliphatic rings. The minimum absolute atomic E-state index is 0.136. The molecule has 16 heavy (non-hydrogen) atoms. The van der Waals surface area contributed by atoms with Crippen molar-refractivity contribution < 1.29 is 14.6 Å². The Labute approximate surface area is 96.8 Å². The average molecular weight is 224 g/mol. The predicted octanol–water partition coefficient (Wildman–Crippen LogP) is 2.07. The predicted molar refractivity (Wildman–Crippen MR) is 62.8 cm³/mol. The first kappa shape index (κ1) is 13.0. The third-order valence-corrected chi connectivity index (χ3v) is 3.37. The number of aliphatic hydroxyl groups is 1. The van der Waals surface area contributed by atoms with Crippen LogP contribution in [0.2, 0.25) is 0 Å². The van der Waals surface area contributed by atoms with Crippen LogP contribution in [0.15, 0.2) is 23.8 Å². The highest BCUT2D eigenvalue weighted by molar-refractivity contribution is 5.75. The van der Waals surface area contributed by atoms with Gasteiger partial charge in [0.25, 0.3) is 0 Å². The number of ether oxygens (including phenoxy) is 1. The first-order chi connectivity index (χ1) is 7.47. The first-order valence-corrected chi connectivity index (χ1v) is 5.55. The number of carbonyl (C=O) groups is 1. The topological polar surface area (TPSA) is 46.5 Å². The lowest BCUT2D eigenvalue weighted by Crippen LogP contribution is -2.34. The number of carbonyl (C=O) groups excluding carboxylic acids is 1. The number of rotatable bonds is 3. The van der Waals surface area contributed by atoms with Gasteiger partial charge in [0.15, 0.2) is 6.10 Å². The molecule has 3 heteroatoms. The minimum atomic E-state index is -1.05. The van der Waals surface area contributed by atoms with E-state index < -0.39 is 12.1 Å². The average Bonchev–Trinajstić information content (AvgIpc) is 2.27. The standard InChI is InChI=1S/C13H20O3/c1-8(2)10-6-5-9(3)11(7-10)12(14)13(15)16-4/h5,10-12,14H,1,6-7H2,2-4H3/t10-,11+,12-/m0/s1. The Morgan fingerprint density at radius 2 is 2.31 bits per heavy atom. The molecule has 0 bridgehead atoms. The lowest BCUT2D eigenvalue weighted by molar-refractivity contribution is -0.153. The fraction of sp³-hybridized carbons (Fsp3) is 0.615. The van der Waals surface area contributed by atoms with Crippen molar-refractivity contribution in [3.8, 4) is 0 Å². The molecule has 0 saturated heterocycles. The number of hydrogen-bond donors (Lipinski definition) is 1. The Balaban J connectivity index is 2.79. The van der Waals surface area contributed by atoms with Gasteiger partial charge in [-0.1, -0.05) is 23.8 Å². The molecule has 0 aromatic heterocycles. The molecule has 0 aromatic rings. The van der Waals surface area contributed by atoms with Gasteiger partial charge in [-0.15, -0.1) is 0 Å². The lowest BCUT2D eigenvalue weighted by Gasteiger charge is -2.30. The van der Waals surface area contributed by atoms with E-state index in [4.69, 9.17) is 0 Å². The third-order valence-electron chi connectivity index (χ3n) is 3.37. The van der Waals surface area contributed by atoms with E-state index >= 15 is 0 Å². The summed E-state index contributed by atoms with van der Waals surface area (Å²) in [5, 5.41) is 9.87. The summed E-state index contributed by atoms with van der Waals surface area (Å²) in [6.07, 6.45) is 2.75. The maximum atomic E-state index is 11.3. The number of esters is 1. The Kier molecular flexibility index (Phi) is 4.30. The van der Waals surface area contributed by atoms with Gasteiger partial charge in [0, 0.05) is 5.92 Å². The van der Waals surface area contributed by atoms with Crippen molar-refractivity contribution in [2.45, 2.75) is 32.8 Å². The van der Waals surface area contributed by atoms with E-state index in [0.717, 1.165) is 24.0 Å². The summed E-state index contributed by atoms with van der Waals surface area (Å²) in [4.78, 5) is 11.3. The van der Waals surface area contributed by atoms with Crippen LogP contribution in [0.25, 0.3) is 0 Å². The highest BCUT2D eigenvalue weighted by Gasteiger charge is 2.32. The fourth-order valence-electron chi connectivity index (χ4n) is 2.13. The van der Waals surface area contributed by atoms with Crippen LogP contribution in [0.1, 0.15) is 26.7 Å². The molecular weight excluding hydrogens is 204 g/mol. The van der Waals surface area contributed by atoms with Gasteiger partial charge in [-0.25, -0.2) is 4.79 Å². The zero-order chi connectivity index (χ0) is 12.3. The molecular formula is C13H20O3. The van der Waals surface area contributed by atoms with Crippen LogP contribution in [0.3, 0.4) is 0 Å². The van der Waals surface area contributed by atoms with Crippen LogP contribution in [-0.2, 0) is 9.53 Å². The summed E-state index contributed by atoms with van der Waals surface area (Å²) in [7, 11) is 1.30. The molecule has 1 N–H and O–H groups in total. The van der Waals surface area contributed by atoms with Gasteiger partial charge in [-0.3, -0.25) is 0 Å². The zero-order valence-electron chi connectivity index (χ0n) is 10.2. The number of allylic oxidation sites excluding steroid dienone is 2. The minimum Gasteiger partial charge on any atom is -0.467 e. The smallest absolute Gasteiger partial charge is 0.335 e. The van der Waals surface area contributed by atoms with Crippen LogP contribution in [-0.4, -0.2) is 24.3 Å². The van der Waals surface area contributed by atoms with E-state index in [0.29, 0.717) is 5.92 Å². The van der Waals surface area contributed by atoms with Crippen molar-refractivity contribution in [2.24, 2.45) is 11.8 Å². The van der Waals surface area contributed by atoms with Gasteiger partial charge in [-0.05, 0) is 32.6 Å². The van der Waals surface area contributed by atoms with E-state index in [1.54, 1.807) is 0 Å². The summed E-state index contributed by atoms with van der Waals surface area (Å²) >= 11 is 0. The molecule has 0 fully saturated rings. The fourth-order valence-corrected chi connectivity index (χ4v) is 2.13. The summed E-state index contributed by atoms with van der Waals surface area (Å²) in [6, 6.07) is 0. The lowest BCUT2D eigenvalue weighted by atomic mass is 9.76. The maximum absolute atomic E-state index is 11.3. The Bertz CT molecular complexity index is 317. The molecule has 0 aromatic carbocycles. The second-order valence-corrected chi connectivity index (χ2v) is 4.54. The van der Waals surface area contributed by atoms with Crippen LogP contribution in [0.5, 0.6) is 0 Å². The van der Waals surface area contributed by atoms with Crippen LogP contribution >= 0.6 is 0 Å². The number of aliphatic hydroxyl groups excluding tert-OH is 1. The van der Waals surface area contributed by atoms with Crippen molar-refractivity contribution in [3.05, 3.63) is 23.8 Å². The first-order valence-electron chi connectivity index (χ1n) is 5.55. The summed E-state index contributed by atoms with van der Waals surface area (Å²) in [5.74, 6) is -0.337. The van der Waals surface area contributed by atoms with E-state index in [9.17, 15) is 9.90 Å². The van der Waals surface area contributed by atoms with Gasteiger partial charge in [0.05, 0.1) is 7.11 Å². The molecule has 0 amide bonds. The summed E-state index contributed by atoms with van der Waals surface area (Å²) < 4.78 is 4.57. The van der Waals surface area contributed by atoms with Crippen molar-refractivity contribution in [1.82, 2.24) is 0 Å². The van der Waals surface area contributed by atoms with Crippen LogP contribution in [0.4, 0.5) is 0 Å². The molecule has 0 aliphatic heterocycles.